The SMILES string of the molecule is COC(=O)Cc1ccc(C#N)c(OC)c1. The van der Waals surface area contributed by atoms with Gasteiger partial charge >= 0.3 is 5.97 Å². The number of hydrogen-bond donors (Lipinski definition) is 0. The van der Waals surface area contributed by atoms with Gasteiger partial charge in [-0.1, -0.05) is 6.07 Å². The van der Waals surface area contributed by atoms with E-state index in [4.69, 9.17) is 10.00 Å². The molecule has 0 aliphatic heterocycles. The summed E-state index contributed by atoms with van der Waals surface area (Å²) in [5.74, 6) is 0.153. The van der Waals surface area contributed by atoms with Crippen LogP contribution in [0, 0.1) is 11.3 Å². The maximum absolute atomic E-state index is 11.0. The molecule has 0 heterocycles. The smallest absolute Gasteiger partial charge is 0.309 e. The number of nitriles is 1. The van der Waals surface area contributed by atoms with Crippen molar-refractivity contribution in [3.05, 3.63) is 29.3 Å². The van der Waals surface area contributed by atoms with E-state index in [1.807, 2.05) is 6.07 Å². The van der Waals surface area contributed by atoms with Crippen LogP contribution in [0.15, 0.2) is 18.2 Å². The Hall–Kier alpha value is -2.02. The van der Waals surface area contributed by atoms with Gasteiger partial charge in [0.2, 0.25) is 0 Å². The third-order valence-corrected chi connectivity index (χ3v) is 1.96. The number of benzene rings is 1. The Bertz CT molecular complexity index is 407. The predicted molar refractivity (Wildman–Crippen MR) is 53.4 cm³/mol. The first-order valence-electron chi connectivity index (χ1n) is 4.35. The van der Waals surface area contributed by atoms with Crippen LogP contribution in [-0.4, -0.2) is 20.2 Å². The van der Waals surface area contributed by atoms with Crippen molar-refractivity contribution in [1.29, 1.82) is 5.26 Å². The lowest BCUT2D eigenvalue weighted by Crippen LogP contribution is -2.04. The molecule has 0 aliphatic carbocycles. The third kappa shape index (κ3) is 2.71. The number of ether oxygens (including phenoxy) is 2. The third-order valence-electron chi connectivity index (χ3n) is 1.96. The van der Waals surface area contributed by atoms with Crippen LogP contribution in [0.4, 0.5) is 0 Å². The maximum atomic E-state index is 11.0. The number of methoxy groups -OCH3 is 2. The summed E-state index contributed by atoms with van der Waals surface area (Å²) < 4.78 is 9.56. The average molecular weight is 205 g/mol. The molecule has 0 N–H and O–H groups in total. The van der Waals surface area contributed by atoms with Crippen molar-refractivity contribution in [3.8, 4) is 11.8 Å². The van der Waals surface area contributed by atoms with Crippen molar-refractivity contribution in [2.24, 2.45) is 0 Å². The van der Waals surface area contributed by atoms with Crippen LogP contribution in [0.1, 0.15) is 11.1 Å². The Morgan fingerprint density at radius 3 is 2.73 bits per heavy atom. The molecule has 0 aliphatic rings. The van der Waals surface area contributed by atoms with Gasteiger partial charge in [-0.3, -0.25) is 4.79 Å². The molecule has 0 spiro atoms. The molecule has 0 amide bonds. The second kappa shape index (κ2) is 5.01. The second-order valence-corrected chi connectivity index (χ2v) is 2.90. The molecule has 0 unspecified atom stereocenters. The van der Waals surface area contributed by atoms with E-state index in [1.165, 1.54) is 14.2 Å². The molecule has 1 rings (SSSR count). The zero-order valence-electron chi connectivity index (χ0n) is 8.61. The number of rotatable bonds is 3. The van der Waals surface area contributed by atoms with Gasteiger partial charge in [0.05, 0.1) is 26.2 Å². The Balaban J connectivity index is 2.94. The highest BCUT2D eigenvalue weighted by atomic mass is 16.5. The first-order chi connectivity index (χ1) is 7.21. The molecule has 78 valence electrons. The van der Waals surface area contributed by atoms with Crippen LogP contribution in [0.25, 0.3) is 0 Å². The maximum Gasteiger partial charge on any atom is 0.309 e. The first-order valence-corrected chi connectivity index (χ1v) is 4.35. The topological polar surface area (TPSA) is 59.3 Å². The lowest BCUT2D eigenvalue weighted by Gasteiger charge is -2.05. The van der Waals surface area contributed by atoms with E-state index in [1.54, 1.807) is 18.2 Å². The van der Waals surface area contributed by atoms with Gasteiger partial charge in [-0.05, 0) is 17.7 Å². The predicted octanol–water partition coefficient (Wildman–Crippen LogP) is 1.28. The quantitative estimate of drug-likeness (QED) is 0.697. The standard InChI is InChI=1S/C11H11NO3/c1-14-10-5-8(6-11(13)15-2)3-4-9(10)7-12/h3-5H,6H2,1-2H3. The second-order valence-electron chi connectivity index (χ2n) is 2.90. The molecule has 0 bridgehead atoms. The van der Waals surface area contributed by atoms with Crippen LogP contribution in [0.3, 0.4) is 0 Å². The monoisotopic (exact) mass is 205 g/mol. The molecular formula is C11H11NO3. The highest BCUT2D eigenvalue weighted by Crippen LogP contribution is 2.19. The summed E-state index contributed by atoms with van der Waals surface area (Å²) in [6.07, 6.45) is 0.179. The van der Waals surface area contributed by atoms with Crippen LogP contribution in [0.2, 0.25) is 0 Å². The largest absolute Gasteiger partial charge is 0.495 e. The molecule has 4 nitrogen and oxygen atoms in total. The molecular weight excluding hydrogens is 194 g/mol. The van der Waals surface area contributed by atoms with Gasteiger partial charge < -0.3 is 9.47 Å². The van der Waals surface area contributed by atoms with Gasteiger partial charge in [0, 0.05) is 0 Å². The van der Waals surface area contributed by atoms with Crippen LogP contribution in [-0.2, 0) is 16.0 Å². The van der Waals surface area contributed by atoms with Crippen molar-refractivity contribution in [2.75, 3.05) is 14.2 Å². The summed E-state index contributed by atoms with van der Waals surface area (Å²) in [7, 11) is 2.82. The van der Waals surface area contributed by atoms with E-state index < -0.39 is 0 Å². The van der Waals surface area contributed by atoms with E-state index in [-0.39, 0.29) is 12.4 Å². The Morgan fingerprint density at radius 2 is 2.20 bits per heavy atom. The molecule has 15 heavy (non-hydrogen) atoms. The zero-order chi connectivity index (χ0) is 11.3. The number of nitrogens with zero attached hydrogens (tertiary/aromatic N) is 1. The summed E-state index contributed by atoms with van der Waals surface area (Å²) in [5, 5.41) is 8.75. The summed E-state index contributed by atoms with van der Waals surface area (Å²) in [5.41, 5.74) is 1.21. The van der Waals surface area contributed by atoms with Crippen LogP contribution >= 0.6 is 0 Å². The molecule has 0 saturated carbocycles. The van der Waals surface area contributed by atoms with Crippen molar-refractivity contribution >= 4 is 5.97 Å². The fourth-order valence-electron chi connectivity index (χ4n) is 1.18. The molecule has 0 radical (unpaired) electrons. The minimum atomic E-state index is -0.318. The van der Waals surface area contributed by atoms with E-state index >= 15 is 0 Å². The molecule has 0 aromatic heterocycles. The van der Waals surface area contributed by atoms with E-state index in [0.29, 0.717) is 11.3 Å². The van der Waals surface area contributed by atoms with Crippen molar-refractivity contribution in [2.45, 2.75) is 6.42 Å². The number of carbonyl (C=O) groups is 1. The van der Waals surface area contributed by atoms with Gasteiger partial charge in [0.1, 0.15) is 11.8 Å². The highest BCUT2D eigenvalue weighted by molar-refractivity contribution is 5.72. The highest BCUT2D eigenvalue weighted by Gasteiger charge is 2.07. The summed E-state index contributed by atoms with van der Waals surface area (Å²) >= 11 is 0. The molecule has 4 heteroatoms. The normalized spacial score (nSPS) is 9.13. The lowest BCUT2D eigenvalue weighted by atomic mass is 10.1. The number of carbonyl (C=O) groups excluding carboxylic acids is 1. The Morgan fingerprint density at radius 1 is 1.47 bits per heavy atom. The minimum absolute atomic E-state index is 0.179. The van der Waals surface area contributed by atoms with Gasteiger partial charge in [-0.2, -0.15) is 5.26 Å². The molecule has 1 aromatic rings. The van der Waals surface area contributed by atoms with Crippen LogP contribution < -0.4 is 4.74 Å². The molecule has 0 saturated heterocycles. The van der Waals surface area contributed by atoms with Gasteiger partial charge in [-0.15, -0.1) is 0 Å². The van der Waals surface area contributed by atoms with Crippen molar-refractivity contribution < 1.29 is 14.3 Å². The minimum Gasteiger partial charge on any atom is -0.495 e. The van der Waals surface area contributed by atoms with E-state index in [9.17, 15) is 4.79 Å². The summed E-state index contributed by atoms with van der Waals surface area (Å²) in [4.78, 5) is 11.0. The van der Waals surface area contributed by atoms with Crippen molar-refractivity contribution in [3.63, 3.8) is 0 Å². The van der Waals surface area contributed by atoms with Gasteiger partial charge in [0.15, 0.2) is 0 Å². The van der Waals surface area contributed by atoms with Gasteiger partial charge in [-0.25, -0.2) is 0 Å². The van der Waals surface area contributed by atoms with Crippen molar-refractivity contribution in [1.82, 2.24) is 0 Å². The molecule has 0 atom stereocenters. The number of esters is 1. The van der Waals surface area contributed by atoms with Gasteiger partial charge in [0.25, 0.3) is 0 Å². The molecule has 1 aromatic carbocycles. The lowest BCUT2D eigenvalue weighted by molar-refractivity contribution is -0.139. The average Bonchev–Trinajstić information content (AvgIpc) is 2.28. The Labute approximate surface area is 88.0 Å². The fraction of sp³-hybridized carbons (Fsp3) is 0.273. The fourth-order valence-corrected chi connectivity index (χ4v) is 1.18. The number of hydrogen-bond acceptors (Lipinski definition) is 4. The summed E-state index contributed by atoms with van der Waals surface area (Å²) in [6.45, 7) is 0. The first kappa shape index (κ1) is 11.1. The molecule has 0 fully saturated rings. The zero-order valence-corrected chi connectivity index (χ0v) is 8.61. The summed E-state index contributed by atoms with van der Waals surface area (Å²) in [6, 6.07) is 6.99. The van der Waals surface area contributed by atoms with E-state index in [2.05, 4.69) is 4.74 Å². The van der Waals surface area contributed by atoms with E-state index in [0.717, 1.165) is 5.56 Å². The van der Waals surface area contributed by atoms with Crippen LogP contribution in [0.5, 0.6) is 5.75 Å². The Kier molecular flexibility index (Phi) is 3.69.